The Morgan fingerprint density at radius 2 is 2.00 bits per heavy atom. The monoisotopic (exact) mass is 328 g/mol. The highest BCUT2D eigenvalue weighted by atomic mass is 16.2. The second kappa shape index (κ2) is 8.81. The first kappa shape index (κ1) is 18.4. The SMILES string of the molecule is CCN1CCC[C@H]1CN(CCN(C)C)C(=O)c1ccc(C#N)cc1. The highest BCUT2D eigenvalue weighted by Crippen LogP contribution is 2.19. The van der Waals surface area contributed by atoms with Crippen molar-refractivity contribution < 1.29 is 4.79 Å². The van der Waals surface area contributed by atoms with Crippen molar-refractivity contribution in [2.45, 2.75) is 25.8 Å². The Morgan fingerprint density at radius 3 is 2.58 bits per heavy atom. The predicted octanol–water partition coefficient (Wildman–Crippen LogP) is 2.05. The van der Waals surface area contributed by atoms with Crippen LogP contribution in [0.4, 0.5) is 0 Å². The minimum Gasteiger partial charge on any atom is -0.336 e. The Hall–Kier alpha value is -1.90. The number of rotatable bonds is 7. The average Bonchev–Trinajstić information content (AvgIpc) is 3.05. The lowest BCUT2D eigenvalue weighted by Crippen LogP contribution is -2.45. The Bertz CT molecular complexity index is 576. The van der Waals surface area contributed by atoms with Crippen molar-refractivity contribution >= 4 is 5.91 Å². The van der Waals surface area contributed by atoms with E-state index in [0.29, 0.717) is 17.2 Å². The van der Waals surface area contributed by atoms with Gasteiger partial charge in [0.05, 0.1) is 11.6 Å². The maximum Gasteiger partial charge on any atom is 0.253 e. The Kier molecular flexibility index (Phi) is 6.77. The van der Waals surface area contributed by atoms with Crippen LogP contribution in [0.2, 0.25) is 0 Å². The first-order valence-corrected chi connectivity index (χ1v) is 8.73. The summed E-state index contributed by atoms with van der Waals surface area (Å²) in [5, 5.41) is 8.91. The maximum atomic E-state index is 12.9. The largest absolute Gasteiger partial charge is 0.336 e. The van der Waals surface area contributed by atoms with Crippen molar-refractivity contribution in [3.8, 4) is 6.07 Å². The van der Waals surface area contributed by atoms with Crippen molar-refractivity contribution in [1.82, 2.24) is 14.7 Å². The third kappa shape index (κ3) is 4.80. The van der Waals surface area contributed by atoms with E-state index in [0.717, 1.165) is 39.1 Å². The van der Waals surface area contributed by atoms with E-state index in [-0.39, 0.29) is 5.91 Å². The second-order valence-electron chi connectivity index (χ2n) is 6.67. The van der Waals surface area contributed by atoms with Gasteiger partial charge >= 0.3 is 0 Å². The van der Waals surface area contributed by atoms with Crippen LogP contribution in [-0.2, 0) is 0 Å². The van der Waals surface area contributed by atoms with Gasteiger partial charge in [0.1, 0.15) is 0 Å². The average molecular weight is 328 g/mol. The van der Waals surface area contributed by atoms with Crippen molar-refractivity contribution in [3.63, 3.8) is 0 Å². The molecule has 1 saturated heterocycles. The number of nitrogens with zero attached hydrogens (tertiary/aromatic N) is 4. The van der Waals surface area contributed by atoms with E-state index in [2.05, 4.69) is 22.8 Å². The molecule has 1 heterocycles. The number of likely N-dealkylation sites (tertiary alicyclic amines) is 1. The summed E-state index contributed by atoms with van der Waals surface area (Å²) >= 11 is 0. The van der Waals surface area contributed by atoms with Crippen LogP contribution in [-0.4, -0.2) is 73.5 Å². The van der Waals surface area contributed by atoms with E-state index in [1.54, 1.807) is 24.3 Å². The molecule has 1 fully saturated rings. The summed E-state index contributed by atoms with van der Waals surface area (Å²) in [6, 6.07) is 9.50. The molecule has 0 bridgehead atoms. The highest BCUT2D eigenvalue weighted by molar-refractivity contribution is 5.94. The Balaban J connectivity index is 2.11. The van der Waals surface area contributed by atoms with Gasteiger partial charge in [-0.2, -0.15) is 5.26 Å². The van der Waals surface area contributed by atoms with Crippen molar-refractivity contribution in [2.75, 3.05) is 46.8 Å². The van der Waals surface area contributed by atoms with Gasteiger partial charge in [-0.3, -0.25) is 9.69 Å². The number of nitriles is 1. The summed E-state index contributed by atoms with van der Waals surface area (Å²) < 4.78 is 0. The summed E-state index contributed by atoms with van der Waals surface area (Å²) in [5.41, 5.74) is 1.24. The zero-order chi connectivity index (χ0) is 17.5. The first-order valence-electron chi connectivity index (χ1n) is 8.73. The van der Waals surface area contributed by atoms with E-state index in [1.165, 1.54) is 6.42 Å². The van der Waals surface area contributed by atoms with Gasteiger partial charge in [-0.15, -0.1) is 0 Å². The molecular formula is C19H28N4O. The van der Waals surface area contributed by atoms with Crippen molar-refractivity contribution in [1.29, 1.82) is 5.26 Å². The molecule has 5 heteroatoms. The standard InChI is InChI=1S/C19H28N4O/c1-4-22-11-5-6-18(22)15-23(13-12-21(2)3)19(24)17-9-7-16(14-20)8-10-17/h7-10,18H,4-6,11-13,15H2,1-3H3/t18-/m0/s1. The lowest BCUT2D eigenvalue weighted by molar-refractivity contribution is 0.0694. The van der Waals surface area contributed by atoms with Crippen molar-refractivity contribution in [2.24, 2.45) is 0 Å². The van der Waals surface area contributed by atoms with Crippen LogP contribution < -0.4 is 0 Å². The number of benzene rings is 1. The van der Waals surface area contributed by atoms with Crippen LogP contribution in [0, 0.1) is 11.3 Å². The molecule has 2 rings (SSSR count). The van der Waals surface area contributed by atoms with Gasteiger partial charge in [0.15, 0.2) is 0 Å². The van der Waals surface area contributed by atoms with Crippen LogP contribution in [0.1, 0.15) is 35.7 Å². The summed E-state index contributed by atoms with van der Waals surface area (Å²) in [5.74, 6) is 0.0595. The van der Waals surface area contributed by atoms with Crippen LogP contribution in [0.15, 0.2) is 24.3 Å². The minimum atomic E-state index is 0.0595. The number of carbonyl (C=O) groups excluding carboxylic acids is 1. The predicted molar refractivity (Wildman–Crippen MR) is 95.9 cm³/mol. The lowest BCUT2D eigenvalue weighted by Gasteiger charge is -2.31. The molecule has 24 heavy (non-hydrogen) atoms. The fraction of sp³-hybridized carbons (Fsp3) is 0.579. The van der Waals surface area contributed by atoms with E-state index in [4.69, 9.17) is 5.26 Å². The third-order valence-corrected chi connectivity index (χ3v) is 4.70. The van der Waals surface area contributed by atoms with E-state index in [9.17, 15) is 4.79 Å². The van der Waals surface area contributed by atoms with Gasteiger partial charge in [0, 0.05) is 31.2 Å². The van der Waals surface area contributed by atoms with Gasteiger partial charge in [0.2, 0.25) is 0 Å². The summed E-state index contributed by atoms with van der Waals surface area (Å²) in [7, 11) is 4.05. The Labute approximate surface area is 145 Å². The number of likely N-dealkylation sites (N-methyl/N-ethyl adjacent to an activating group) is 2. The van der Waals surface area contributed by atoms with Gasteiger partial charge in [-0.25, -0.2) is 0 Å². The fourth-order valence-corrected chi connectivity index (χ4v) is 3.24. The van der Waals surface area contributed by atoms with E-state index in [1.807, 2.05) is 19.0 Å². The topological polar surface area (TPSA) is 50.6 Å². The van der Waals surface area contributed by atoms with Crippen LogP contribution in [0.3, 0.4) is 0 Å². The molecule has 0 N–H and O–H groups in total. The molecule has 0 radical (unpaired) electrons. The molecule has 1 aromatic rings. The minimum absolute atomic E-state index is 0.0595. The normalized spacial score (nSPS) is 17.9. The molecule has 1 atom stereocenters. The molecule has 0 unspecified atom stereocenters. The molecule has 1 aliphatic heterocycles. The van der Waals surface area contributed by atoms with Crippen molar-refractivity contribution in [3.05, 3.63) is 35.4 Å². The van der Waals surface area contributed by atoms with Gasteiger partial charge in [0.25, 0.3) is 5.91 Å². The zero-order valence-electron chi connectivity index (χ0n) is 15.0. The fourth-order valence-electron chi connectivity index (χ4n) is 3.24. The van der Waals surface area contributed by atoms with Gasteiger partial charge < -0.3 is 9.80 Å². The van der Waals surface area contributed by atoms with Gasteiger partial charge in [-0.1, -0.05) is 6.92 Å². The molecule has 130 valence electrons. The highest BCUT2D eigenvalue weighted by Gasteiger charge is 2.27. The smallest absolute Gasteiger partial charge is 0.253 e. The molecule has 1 amide bonds. The number of hydrogen-bond donors (Lipinski definition) is 0. The molecule has 0 aromatic heterocycles. The molecular weight excluding hydrogens is 300 g/mol. The summed E-state index contributed by atoms with van der Waals surface area (Å²) in [6.45, 7) is 6.71. The molecule has 5 nitrogen and oxygen atoms in total. The second-order valence-corrected chi connectivity index (χ2v) is 6.67. The lowest BCUT2D eigenvalue weighted by atomic mass is 10.1. The number of amides is 1. The molecule has 0 spiro atoms. The molecule has 0 saturated carbocycles. The zero-order valence-corrected chi connectivity index (χ0v) is 15.0. The quantitative estimate of drug-likeness (QED) is 0.769. The van der Waals surface area contributed by atoms with Crippen LogP contribution in [0.5, 0.6) is 0 Å². The number of carbonyl (C=O) groups is 1. The number of hydrogen-bond acceptors (Lipinski definition) is 4. The summed E-state index contributed by atoms with van der Waals surface area (Å²) in [6.07, 6.45) is 2.37. The molecule has 1 aliphatic rings. The third-order valence-electron chi connectivity index (χ3n) is 4.70. The van der Waals surface area contributed by atoms with Gasteiger partial charge in [-0.05, 0) is 64.3 Å². The summed E-state index contributed by atoms with van der Waals surface area (Å²) in [4.78, 5) is 19.5. The van der Waals surface area contributed by atoms with Crippen LogP contribution >= 0.6 is 0 Å². The first-order chi connectivity index (χ1) is 11.5. The van der Waals surface area contributed by atoms with E-state index >= 15 is 0 Å². The Morgan fingerprint density at radius 1 is 1.29 bits per heavy atom. The maximum absolute atomic E-state index is 12.9. The molecule has 0 aliphatic carbocycles. The van der Waals surface area contributed by atoms with Crippen LogP contribution in [0.25, 0.3) is 0 Å². The van der Waals surface area contributed by atoms with E-state index < -0.39 is 0 Å². The molecule has 1 aromatic carbocycles.